The summed E-state index contributed by atoms with van der Waals surface area (Å²) in [7, 11) is 0. The number of hydrogen-bond donors (Lipinski definition) is 2. The highest BCUT2D eigenvalue weighted by atomic mass is 79.9. The highest BCUT2D eigenvalue weighted by Crippen LogP contribution is 2.25. The van der Waals surface area contributed by atoms with E-state index in [9.17, 15) is 0 Å². The molecule has 0 radical (unpaired) electrons. The molecule has 0 aliphatic carbocycles. The van der Waals surface area contributed by atoms with Crippen molar-refractivity contribution in [1.82, 2.24) is 10.3 Å². The summed E-state index contributed by atoms with van der Waals surface area (Å²) in [5.74, 6) is 0.863. The van der Waals surface area contributed by atoms with Crippen molar-refractivity contribution in [1.29, 1.82) is 0 Å². The fourth-order valence-electron chi connectivity index (χ4n) is 2.05. The van der Waals surface area contributed by atoms with E-state index in [1.807, 2.05) is 6.07 Å². The zero-order valence-corrected chi connectivity index (χ0v) is 10.4. The molecular formula is C12H13BrN2O. The molecule has 1 aliphatic heterocycles. The summed E-state index contributed by atoms with van der Waals surface area (Å²) in [5.41, 5.74) is 1.11. The van der Waals surface area contributed by atoms with E-state index in [0.717, 1.165) is 35.4 Å². The van der Waals surface area contributed by atoms with E-state index in [0.29, 0.717) is 6.10 Å². The van der Waals surface area contributed by atoms with Crippen LogP contribution in [0.5, 0.6) is 5.88 Å². The first-order valence-electron chi connectivity index (χ1n) is 5.47. The van der Waals surface area contributed by atoms with Crippen molar-refractivity contribution in [2.24, 2.45) is 0 Å². The Morgan fingerprint density at radius 2 is 2.25 bits per heavy atom. The third-order valence-electron chi connectivity index (χ3n) is 2.87. The summed E-state index contributed by atoms with van der Waals surface area (Å²) in [6.07, 6.45) is 1.38. The number of fused-ring (bicyclic) bond motifs is 1. The lowest BCUT2D eigenvalue weighted by atomic mass is 10.2. The number of ether oxygens (including phenoxy) is 1. The lowest BCUT2D eigenvalue weighted by Crippen LogP contribution is -2.19. The zero-order chi connectivity index (χ0) is 11.0. The maximum Gasteiger partial charge on any atom is 0.192 e. The molecule has 2 aromatic rings. The van der Waals surface area contributed by atoms with Crippen LogP contribution in [0, 0.1) is 0 Å². The molecule has 0 spiro atoms. The maximum absolute atomic E-state index is 5.87. The van der Waals surface area contributed by atoms with Crippen molar-refractivity contribution < 1.29 is 4.74 Å². The van der Waals surface area contributed by atoms with Crippen LogP contribution in [0.1, 0.15) is 6.42 Å². The van der Waals surface area contributed by atoms with Crippen LogP contribution in [0.2, 0.25) is 0 Å². The van der Waals surface area contributed by atoms with Crippen molar-refractivity contribution in [3.8, 4) is 5.88 Å². The summed E-state index contributed by atoms with van der Waals surface area (Å²) < 4.78 is 6.96. The monoisotopic (exact) mass is 280 g/mol. The molecule has 1 unspecified atom stereocenters. The first kappa shape index (κ1) is 10.2. The van der Waals surface area contributed by atoms with E-state index in [2.05, 4.69) is 44.4 Å². The van der Waals surface area contributed by atoms with Gasteiger partial charge in [0, 0.05) is 28.0 Å². The van der Waals surface area contributed by atoms with Crippen LogP contribution in [0.25, 0.3) is 10.9 Å². The number of aromatic amines is 1. The third kappa shape index (κ3) is 1.95. The number of halogens is 1. The third-order valence-corrected chi connectivity index (χ3v) is 3.36. The average Bonchev–Trinajstić information content (AvgIpc) is 2.86. The highest BCUT2D eigenvalue weighted by molar-refractivity contribution is 9.10. The van der Waals surface area contributed by atoms with Gasteiger partial charge in [-0.2, -0.15) is 0 Å². The van der Waals surface area contributed by atoms with Crippen LogP contribution in [-0.2, 0) is 0 Å². The van der Waals surface area contributed by atoms with Gasteiger partial charge in [-0.1, -0.05) is 15.9 Å². The van der Waals surface area contributed by atoms with Gasteiger partial charge in [-0.25, -0.2) is 0 Å². The number of H-pyrrole nitrogens is 1. The van der Waals surface area contributed by atoms with E-state index in [1.165, 1.54) is 5.39 Å². The van der Waals surface area contributed by atoms with Gasteiger partial charge in [0.1, 0.15) is 6.10 Å². The predicted molar refractivity (Wildman–Crippen MR) is 67.9 cm³/mol. The minimum atomic E-state index is 0.302. The van der Waals surface area contributed by atoms with Gasteiger partial charge >= 0.3 is 0 Å². The molecule has 16 heavy (non-hydrogen) atoms. The molecule has 1 atom stereocenters. The molecule has 3 nitrogen and oxygen atoms in total. The Morgan fingerprint density at radius 1 is 1.31 bits per heavy atom. The second kappa shape index (κ2) is 4.11. The van der Waals surface area contributed by atoms with Gasteiger partial charge in [0.15, 0.2) is 5.88 Å². The van der Waals surface area contributed by atoms with Crippen molar-refractivity contribution in [3.05, 3.63) is 28.7 Å². The van der Waals surface area contributed by atoms with Crippen LogP contribution in [0.4, 0.5) is 0 Å². The maximum atomic E-state index is 5.87. The van der Waals surface area contributed by atoms with Gasteiger partial charge in [0.05, 0.1) is 0 Å². The summed E-state index contributed by atoms with van der Waals surface area (Å²) >= 11 is 3.47. The fraction of sp³-hybridized carbons (Fsp3) is 0.333. The molecule has 1 aromatic carbocycles. The van der Waals surface area contributed by atoms with Crippen LogP contribution in [0.15, 0.2) is 28.7 Å². The van der Waals surface area contributed by atoms with Gasteiger partial charge < -0.3 is 15.0 Å². The predicted octanol–water partition coefficient (Wildman–Crippen LogP) is 2.67. The Balaban J connectivity index is 1.86. The first-order valence-corrected chi connectivity index (χ1v) is 6.26. The van der Waals surface area contributed by atoms with Crippen molar-refractivity contribution in [2.45, 2.75) is 12.5 Å². The standard InChI is InChI=1S/C12H13BrN2O/c13-9-1-2-11-8(5-9)6-12(15-11)16-10-3-4-14-7-10/h1-2,5-6,10,14-15H,3-4,7H2. The Kier molecular flexibility index (Phi) is 2.61. The van der Waals surface area contributed by atoms with Gasteiger partial charge in [0.2, 0.25) is 0 Å². The van der Waals surface area contributed by atoms with E-state index in [-0.39, 0.29) is 0 Å². The molecule has 84 valence electrons. The van der Waals surface area contributed by atoms with Crippen molar-refractivity contribution in [2.75, 3.05) is 13.1 Å². The number of hydrogen-bond acceptors (Lipinski definition) is 2. The molecule has 2 heterocycles. The number of rotatable bonds is 2. The van der Waals surface area contributed by atoms with Crippen LogP contribution < -0.4 is 10.1 Å². The van der Waals surface area contributed by atoms with E-state index >= 15 is 0 Å². The summed E-state index contributed by atoms with van der Waals surface area (Å²) in [6, 6.07) is 8.23. The Labute approximate surface area is 102 Å². The molecular weight excluding hydrogens is 268 g/mol. The van der Waals surface area contributed by atoms with Gasteiger partial charge in [-0.05, 0) is 31.2 Å². The van der Waals surface area contributed by atoms with Crippen LogP contribution >= 0.6 is 15.9 Å². The molecule has 4 heteroatoms. The first-order chi connectivity index (χ1) is 7.81. The zero-order valence-electron chi connectivity index (χ0n) is 8.79. The fourth-order valence-corrected chi connectivity index (χ4v) is 2.43. The molecule has 2 N–H and O–H groups in total. The molecule has 0 amide bonds. The quantitative estimate of drug-likeness (QED) is 0.888. The van der Waals surface area contributed by atoms with Crippen molar-refractivity contribution >= 4 is 26.8 Å². The molecule has 0 bridgehead atoms. The number of nitrogens with one attached hydrogen (secondary N) is 2. The second-order valence-electron chi connectivity index (χ2n) is 4.10. The van der Waals surface area contributed by atoms with Gasteiger partial charge in [-0.3, -0.25) is 0 Å². The second-order valence-corrected chi connectivity index (χ2v) is 5.01. The summed E-state index contributed by atoms with van der Waals surface area (Å²) in [6.45, 7) is 2.00. The highest BCUT2D eigenvalue weighted by Gasteiger charge is 2.16. The molecule has 3 rings (SSSR count). The summed E-state index contributed by atoms with van der Waals surface area (Å²) in [4.78, 5) is 3.28. The smallest absolute Gasteiger partial charge is 0.192 e. The lowest BCUT2D eigenvalue weighted by molar-refractivity contribution is 0.216. The van der Waals surface area contributed by atoms with Gasteiger partial charge in [0.25, 0.3) is 0 Å². The average molecular weight is 281 g/mol. The van der Waals surface area contributed by atoms with Crippen LogP contribution in [-0.4, -0.2) is 24.2 Å². The number of aromatic nitrogens is 1. The van der Waals surface area contributed by atoms with Gasteiger partial charge in [-0.15, -0.1) is 0 Å². The lowest BCUT2D eigenvalue weighted by Gasteiger charge is -2.09. The molecule has 1 aliphatic rings. The Bertz CT molecular complexity index is 503. The van der Waals surface area contributed by atoms with E-state index < -0.39 is 0 Å². The minimum Gasteiger partial charge on any atom is -0.474 e. The topological polar surface area (TPSA) is 37.0 Å². The number of benzene rings is 1. The molecule has 1 saturated heterocycles. The summed E-state index contributed by atoms with van der Waals surface area (Å²) in [5, 5.41) is 4.47. The van der Waals surface area contributed by atoms with Crippen molar-refractivity contribution in [3.63, 3.8) is 0 Å². The Hall–Kier alpha value is -1.00. The SMILES string of the molecule is Brc1ccc2[nH]c(OC3CCNC3)cc2c1. The molecule has 1 aromatic heterocycles. The van der Waals surface area contributed by atoms with E-state index in [1.54, 1.807) is 0 Å². The minimum absolute atomic E-state index is 0.302. The normalized spacial score (nSPS) is 20.4. The van der Waals surface area contributed by atoms with Crippen LogP contribution in [0.3, 0.4) is 0 Å². The van der Waals surface area contributed by atoms with E-state index in [4.69, 9.17) is 4.74 Å². The molecule has 0 saturated carbocycles. The Morgan fingerprint density at radius 3 is 3.06 bits per heavy atom. The molecule has 1 fully saturated rings. The largest absolute Gasteiger partial charge is 0.474 e.